The van der Waals surface area contributed by atoms with Gasteiger partial charge in [0, 0.05) is 23.2 Å². The van der Waals surface area contributed by atoms with E-state index in [0.29, 0.717) is 10.9 Å². The number of rotatable bonds is 7. The summed E-state index contributed by atoms with van der Waals surface area (Å²) >= 11 is 12.0. The Kier molecular flexibility index (Phi) is 6.90. The summed E-state index contributed by atoms with van der Waals surface area (Å²) in [6.07, 6.45) is 2.09. The molecular weight excluding hydrogens is 257 g/mol. The zero-order chi connectivity index (χ0) is 12.7. The summed E-state index contributed by atoms with van der Waals surface area (Å²) in [6.45, 7) is 3.97. The number of nitrogens with one attached hydrogen (secondary N) is 1. The van der Waals surface area contributed by atoms with Gasteiger partial charge in [-0.25, -0.2) is 0 Å². The van der Waals surface area contributed by atoms with Gasteiger partial charge in [-0.3, -0.25) is 0 Å². The molecule has 0 aromatic heterocycles. The van der Waals surface area contributed by atoms with E-state index < -0.39 is 0 Å². The maximum atomic E-state index is 8.88. The van der Waals surface area contributed by atoms with Gasteiger partial charge < -0.3 is 10.4 Å². The van der Waals surface area contributed by atoms with Crippen molar-refractivity contribution in [2.75, 3.05) is 13.2 Å². The topological polar surface area (TPSA) is 32.3 Å². The summed E-state index contributed by atoms with van der Waals surface area (Å²) in [6, 6.07) is 5.48. The van der Waals surface area contributed by atoms with E-state index in [2.05, 4.69) is 5.32 Å². The predicted octanol–water partition coefficient (Wildman–Crippen LogP) is 3.49. The molecule has 0 bridgehead atoms. The van der Waals surface area contributed by atoms with Crippen molar-refractivity contribution in [1.29, 1.82) is 0 Å². The third-order valence-electron chi connectivity index (χ3n) is 2.69. The van der Waals surface area contributed by atoms with Crippen molar-refractivity contribution in [2.45, 2.75) is 26.3 Å². The first-order valence-corrected chi connectivity index (χ1v) is 6.64. The smallest absolute Gasteiger partial charge is 0.0456 e. The van der Waals surface area contributed by atoms with E-state index in [0.717, 1.165) is 36.5 Å². The first-order chi connectivity index (χ1) is 8.13. The summed E-state index contributed by atoms with van der Waals surface area (Å²) in [5.74, 6) is 0.381. The zero-order valence-corrected chi connectivity index (χ0v) is 11.6. The van der Waals surface area contributed by atoms with Crippen molar-refractivity contribution in [3.8, 4) is 0 Å². The van der Waals surface area contributed by atoms with Gasteiger partial charge in [0.2, 0.25) is 0 Å². The Morgan fingerprint density at radius 2 is 2.12 bits per heavy atom. The maximum Gasteiger partial charge on any atom is 0.0456 e. The molecule has 0 aliphatic carbocycles. The summed E-state index contributed by atoms with van der Waals surface area (Å²) in [5, 5.41) is 13.7. The highest BCUT2D eigenvalue weighted by molar-refractivity contribution is 6.33. The number of halogens is 2. The van der Waals surface area contributed by atoms with E-state index in [9.17, 15) is 0 Å². The van der Waals surface area contributed by atoms with Gasteiger partial charge in [-0.05, 0) is 49.1 Å². The van der Waals surface area contributed by atoms with Crippen LogP contribution in [-0.2, 0) is 6.54 Å². The second-order valence-electron chi connectivity index (χ2n) is 4.34. The minimum Gasteiger partial charge on any atom is -0.396 e. The molecule has 2 N–H and O–H groups in total. The molecule has 1 atom stereocenters. The number of hydrogen-bond acceptors (Lipinski definition) is 2. The molecule has 0 heterocycles. The molecule has 1 rings (SSSR count). The molecule has 0 saturated heterocycles. The van der Waals surface area contributed by atoms with E-state index in [1.54, 1.807) is 6.07 Å². The molecule has 1 unspecified atom stereocenters. The molecule has 2 nitrogen and oxygen atoms in total. The van der Waals surface area contributed by atoms with E-state index in [4.69, 9.17) is 28.3 Å². The fraction of sp³-hybridized carbons (Fsp3) is 0.538. The van der Waals surface area contributed by atoms with Crippen molar-refractivity contribution in [1.82, 2.24) is 5.32 Å². The molecule has 0 fully saturated rings. The first kappa shape index (κ1) is 14.8. The van der Waals surface area contributed by atoms with Gasteiger partial charge in [0.05, 0.1) is 0 Å². The maximum absolute atomic E-state index is 8.88. The minimum absolute atomic E-state index is 0.264. The lowest BCUT2D eigenvalue weighted by Crippen LogP contribution is -2.16. The molecule has 0 aliphatic rings. The average molecular weight is 276 g/mol. The molecule has 4 heteroatoms. The van der Waals surface area contributed by atoms with Gasteiger partial charge in [0.15, 0.2) is 0 Å². The number of benzene rings is 1. The summed E-state index contributed by atoms with van der Waals surface area (Å²) < 4.78 is 0. The van der Waals surface area contributed by atoms with Gasteiger partial charge in [0.25, 0.3) is 0 Å². The van der Waals surface area contributed by atoms with Crippen molar-refractivity contribution >= 4 is 23.2 Å². The molecular formula is C13H19Cl2NO. The van der Waals surface area contributed by atoms with Crippen LogP contribution in [0.15, 0.2) is 18.2 Å². The van der Waals surface area contributed by atoms with Crippen LogP contribution in [0.2, 0.25) is 10.0 Å². The van der Waals surface area contributed by atoms with Crippen molar-refractivity contribution in [3.63, 3.8) is 0 Å². The van der Waals surface area contributed by atoms with Crippen LogP contribution < -0.4 is 5.32 Å². The Morgan fingerprint density at radius 1 is 1.35 bits per heavy atom. The van der Waals surface area contributed by atoms with Gasteiger partial charge in [-0.2, -0.15) is 0 Å². The molecule has 0 saturated carbocycles. The Labute approximate surface area is 113 Å². The number of aliphatic hydroxyl groups excluding tert-OH is 1. The highest BCUT2D eigenvalue weighted by Crippen LogP contribution is 2.20. The molecule has 0 radical (unpaired) electrons. The van der Waals surface area contributed by atoms with E-state index in [1.165, 1.54) is 0 Å². The van der Waals surface area contributed by atoms with E-state index in [1.807, 2.05) is 19.1 Å². The van der Waals surface area contributed by atoms with Crippen LogP contribution in [0.4, 0.5) is 0 Å². The van der Waals surface area contributed by atoms with Crippen molar-refractivity contribution in [3.05, 3.63) is 33.8 Å². The molecule has 0 spiro atoms. The highest BCUT2D eigenvalue weighted by atomic mass is 35.5. The lowest BCUT2D eigenvalue weighted by atomic mass is 10.1. The third kappa shape index (κ3) is 5.73. The fourth-order valence-corrected chi connectivity index (χ4v) is 1.95. The average Bonchev–Trinajstić information content (AvgIpc) is 2.32. The van der Waals surface area contributed by atoms with Crippen molar-refractivity contribution in [2.24, 2.45) is 5.92 Å². The Morgan fingerprint density at radius 3 is 2.82 bits per heavy atom. The SMILES string of the molecule is CC(CO)CCCNCc1cc(Cl)ccc1Cl. The van der Waals surface area contributed by atoms with Crippen LogP contribution in [0, 0.1) is 5.92 Å². The van der Waals surface area contributed by atoms with Crippen LogP contribution in [0.5, 0.6) is 0 Å². The molecule has 96 valence electrons. The van der Waals surface area contributed by atoms with Crippen LogP contribution in [-0.4, -0.2) is 18.3 Å². The van der Waals surface area contributed by atoms with Gasteiger partial charge in [0.1, 0.15) is 0 Å². The van der Waals surface area contributed by atoms with E-state index >= 15 is 0 Å². The second kappa shape index (κ2) is 7.93. The molecule has 1 aromatic rings. The van der Waals surface area contributed by atoms with Crippen LogP contribution in [0.1, 0.15) is 25.3 Å². The van der Waals surface area contributed by atoms with Crippen LogP contribution in [0.3, 0.4) is 0 Å². The third-order valence-corrected chi connectivity index (χ3v) is 3.29. The Bertz CT molecular complexity index is 344. The molecule has 1 aromatic carbocycles. The standard InChI is InChI=1S/C13H19Cl2NO/c1-10(9-17)3-2-6-16-8-11-7-12(14)4-5-13(11)15/h4-5,7,10,16-17H,2-3,6,8-9H2,1H3. The monoisotopic (exact) mass is 275 g/mol. The van der Waals surface area contributed by atoms with Gasteiger partial charge in [-0.15, -0.1) is 0 Å². The lowest BCUT2D eigenvalue weighted by Gasteiger charge is -2.09. The van der Waals surface area contributed by atoms with Crippen LogP contribution >= 0.6 is 23.2 Å². The zero-order valence-electron chi connectivity index (χ0n) is 10.0. The summed E-state index contributed by atoms with van der Waals surface area (Å²) in [7, 11) is 0. The largest absolute Gasteiger partial charge is 0.396 e. The number of aliphatic hydroxyl groups is 1. The summed E-state index contributed by atoms with van der Waals surface area (Å²) in [5.41, 5.74) is 1.02. The minimum atomic E-state index is 0.264. The second-order valence-corrected chi connectivity index (χ2v) is 5.19. The number of hydrogen-bond donors (Lipinski definition) is 2. The lowest BCUT2D eigenvalue weighted by molar-refractivity contribution is 0.228. The van der Waals surface area contributed by atoms with Gasteiger partial charge in [-0.1, -0.05) is 30.1 Å². The quantitative estimate of drug-likeness (QED) is 0.747. The molecule has 0 amide bonds. The van der Waals surface area contributed by atoms with Gasteiger partial charge >= 0.3 is 0 Å². The Balaban J connectivity index is 2.24. The predicted molar refractivity (Wildman–Crippen MR) is 73.7 cm³/mol. The Hall–Kier alpha value is -0.280. The van der Waals surface area contributed by atoms with E-state index in [-0.39, 0.29) is 6.61 Å². The molecule has 17 heavy (non-hydrogen) atoms. The normalized spacial score (nSPS) is 12.7. The first-order valence-electron chi connectivity index (χ1n) is 5.89. The summed E-state index contributed by atoms with van der Waals surface area (Å²) in [4.78, 5) is 0. The van der Waals surface area contributed by atoms with Crippen molar-refractivity contribution < 1.29 is 5.11 Å². The van der Waals surface area contributed by atoms with Crippen LogP contribution in [0.25, 0.3) is 0 Å². The fourth-order valence-electron chi connectivity index (χ4n) is 1.57. The molecule has 0 aliphatic heterocycles. The highest BCUT2D eigenvalue weighted by Gasteiger charge is 2.02.